The summed E-state index contributed by atoms with van der Waals surface area (Å²) in [5.41, 5.74) is 13.4. The van der Waals surface area contributed by atoms with Gasteiger partial charge >= 0.3 is 7.60 Å². The molecule has 8 N–H and O–H groups in total. The molecule has 4 aromatic carbocycles. The van der Waals surface area contributed by atoms with Crippen LogP contribution >= 0.6 is 18.9 Å². The number of nitrogens with one attached hydrogen (secondary N) is 3. The molecule has 3 aliphatic heterocycles. The van der Waals surface area contributed by atoms with Gasteiger partial charge in [0, 0.05) is 79.4 Å². The lowest BCUT2D eigenvalue weighted by atomic mass is 9.76. The minimum Gasteiger partial charge on any atom is -0.391 e. The number of fused-ring (bicyclic) bond motifs is 1. The number of benzene rings is 4. The number of hydrogen-bond donors (Lipinski definition) is 7. The summed E-state index contributed by atoms with van der Waals surface area (Å²) in [6, 6.07) is 24.9. The summed E-state index contributed by atoms with van der Waals surface area (Å²) >= 11 is 1.57. The number of aliphatic hydroxyl groups excluding tert-OH is 1. The van der Waals surface area contributed by atoms with Gasteiger partial charge in [-0.1, -0.05) is 87.5 Å². The Morgan fingerprint density at radius 3 is 2.21 bits per heavy atom. The number of aromatic nitrogens is 2. The van der Waals surface area contributed by atoms with E-state index in [-0.39, 0.29) is 91.1 Å². The Morgan fingerprint density at radius 1 is 0.851 bits per heavy atom. The van der Waals surface area contributed by atoms with Crippen molar-refractivity contribution in [2.24, 2.45) is 23.0 Å². The Bertz CT molecular complexity index is 3620. The molecule has 0 saturated carbocycles. The van der Waals surface area contributed by atoms with Gasteiger partial charge in [-0.25, -0.2) is 4.98 Å². The van der Waals surface area contributed by atoms with Crippen molar-refractivity contribution in [3.63, 3.8) is 0 Å². The molecule has 5 amide bonds. The molecule has 87 heavy (non-hydrogen) atoms. The Hall–Kier alpha value is -7.48. The number of aliphatic hydroxyl groups is 1. The lowest BCUT2D eigenvalue weighted by molar-refractivity contribution is -0.146. The number of β-amino-alcohol motifs (C(OH)–C–C–N with tert-alkyl or cyclic N) is 1. The highest BCUT2D eigenvalue weighted by Crippen LogP contribution is 2.43. The van der Waals surface area contributed by atoms with Crippen LogP contribution in [0.5, 0.6) is 0 Å². The molecule has 2 aromatic heterocycles. The SMILES string of the molecule is Cc1ncsc1-c1ccc([C@H](C)NC(=O)[C@@H]2C[C@@H](O)CN2C(=O)[C@@H](CC(=O)CCCCc2ccc(CCC[C@H](CCC(N)=O)NC(=O)[C@@H]3Cc4cccc5c4N3C(=O)[C@@H](CC(=O)c3cc4cc(C(=O)P(=O)(O)O)ccc4[nH]3)CC5)cc2)C(C)(C)C)cc1. The standard InChI is InChI=1S/C66H78N7O12PS/c1-38(42-20-23-44(24-21-42)60-39(2)68-37-87-60)69-61(78)55-35-51(75)36-72(55)64(81)52(66(3,4)5)34-50(74)15-7-6-10-40-16-18-41(19-17-40)11-8-14-49(27-29-58(67)77)70-62(79)56-32-45-13-9-12-43-22-25-46(63(80)73(56)59(43)45)33-57(76)54-31-48-30-47(26-28-53(48)71-54)65(82)86(83,84)85/h9,12-13,16-21,23-24,26,28,30-31,37-38,46,49,51-52,55-56,71,75H,6-8,10-11,14-15,22,25,27,29,32-36H2,1-5H3,(H2,67,77)(H,69,78)(H,70,79)(H2,83,84,85)/t38-,46+,49+,51+,52+,55-,56-/m0/s1. The third-order valence-corrected chi connectivity index (χ3v) is 19.2. The number of para-hydroxylation sites is 1. The minimum absolute atomic E-state index is 0.0161. The van der Waals surface area contributed by atoms with Crippen LogP contribution in [0.1, 0.15) is 159 Å². The van der Waals surface area contributed by atoms with E-state index in [2.05, 4.69) is 44.9 Å². The summed E-state index contributed by atoms with van der Waals surface area (Å²) in [4.78, 5) is 139. The van der Waals surface area contributed by atoms with Crippen molar-refractivity contribution in [1.82, 2.24) is 25.5 Å². The number of carbonyl (C=O) groups excluding carboxylic acids is 8. The number of anilines is 1. The fourth-order valence-electron chi connectivity index (χ4n) is 12.5. The number of aryl methyl sites for hydroxylation is 4. The molecule has 460 valence electrons. The molecular formula is C66H78N7O12PS. The normalized spacial score (nSPS) is 18.6. The zero-order valence-electron chi connectivity index (χ0n) is 49.9. The first-order chi connectivity index (χ1) is 41.3. The predicted molar refractivity (Wildman–Crippen MR) is 332 cm³/mol. The van der Waals surface area contributed by atoms with E-state index >= 15 is 0 Å². The van der Waals surface area contributed by atoms with Gasteiger partial charge in [0.25, 0.3) is 5.52 Å². The van der Waals surface area contributed by atoms with Crippen LogP contribution < -0.4 is 21.3 Å². The average Bonchev–Trinajstić information content (AvgIpc) is 1.94. The van der Waals surface area contributed by atoms with Crippen molar-refractivity contribution in [1.29, 1.82) is 0 Å². The van der Waals surface area contributed by atoms with E-state index in [1.165, 1.54) is 29.2 Å². The lowest BCUT2D eigenvalue weighted by Gasteiger charge is -2.35. The first-order valence-corrected chi connectivity index (χ1v) is 32.5. The maximum absolute atomic E-state index is 14.6. The summed E-state index contributed by atoms with van der Waals surface area (Å²) in [6.45, 7) is 9.64. The van der Waals surface area contributed by atoms with Crippen LogP contribution in [0.4, 0.5) is 5.69 Å². The van der Waals surface area contributed by atoms with Crippen molar-refractivity contribution in [3.8, 4) is 10.4 Å². The first-order valence-electron chi connectivity index (χ1n) is 30.0. The molecule has 9 rings (SSSR count). The van der Waals surface area contributed by atoms with Crippen LogP contribution in [-0.4, -0.2) is 107 Å². The Kier molecular flexibility index (Phi) is 20.1. The molecule has 0 bridgehead atoms. The number of thiazole rings is 1. The molecule has 1 saturated heterocycles. The number of rotatable bonds is 26. The number of primary amides is 1. The van der Waals surface area contributed by atoms with Crippen molar-refractivity contribution in [2.45, 2.75) is 161 Å². The summed E-state index contributed by atoms with van der Waals surface area (Å²) in [6.07, 6.45) is 4.91. The first kappa shape index (κ1) is 64.0. The number of ketones is 2. The van der Waals surface area contributed by atoms with Gasteiger partial charge < -0.3 is 41.1 Å². The zero-order valence-corrected chi connectivity index (χ0v) is 51.6. The second kappa shape index (κ2) is 27.3. The Labute approximate surface area is 510 Å². The average molecular weight is 1220 g/mol. The van der Waals surface area contributed by atoms with Gasteiger partial charge in [0.2, 0.25) is 29.5 Å². The molecule has 21 heteroatoms. The van der Waals surface area contributed by atoms with E-state index in [1.807, 2.05) is 82.6 Å². The van der Waals surface area contributed by atoms with Crippen LogP contribution in [0.15, 0.2) is 96.5 Å². The van der Waals surface area contributed by atoms with Crippen LogP contribution in [0, 0.1) is 24.2 Å². The Balaban J connectivity index is 0.742. The largest absolute Gasteiger partial charge is 0.396 e. The number of Topliss-reactive ketones (excluding diaryl/α,β-unsaturated/α-hetero) is 2. The molecule has 1 fully saturated rings. The summed E-state index contributed by atoms with van der Waals surface area (Å²) in [5, 5.41) is 17.4. The maximum atomic E-state index is 14.6. The molecule has 6 aromatic rings. The number of amides is 5. The van der Waals surface area contributed by atoms with Crippen molar-refractivity contribution in [3.05, 3.63) is 141 Å². The van der Waals surface area contributed by atoms with Crippen LogP contribution in [0.3, 0.4) is 0 Å². The van der Waals surface area contributed by atoms with Gasteiger partial charge in [-0.05, 0) is 135 Å². The van der Waals surface area contributed by atoms with E-state index < -0.39 is 60.5 Å². The minimum atomic E-state index is -5.03. The molecule has 7 atom stereocenters. The number of hydrogen-bond acceptors (Lipinski definition) is 12. The predicted octanol–water partition coefficient (Wildman–Crippen LogP) is 8.96. The molecule has 0 unspecified atom stereocenters. The number of nitrogens with zero attached hydrogens (tertiary/aromatic N) is 3. The summed E-state index contributed by atoms with van der Waals surface area (Å²) in [5.74, 6) is -3.75. The Morgan fingerprint density at radius 2 is 1.54 bits per heavy atom. The molecule has 3 aliphatic rings. The van der Waals surface area contributed by atoms with E-state index in [0.717, 1.165) is 56.8 Å². The number of nitrogens with two attached hydrogens (primary N) is 1. The molecule has 0 radical (unpaired) electrons. The van der Waals surface area contributed by atoms with E-state index in [0.29, 0.717) is 68.0 Å². The molecule has 5 heterocycles. The fraction of sp³-hybridized carbons (Fsp3) is 0.439. The number of aromatic amines is 1. The molecule has 19 nitrogen and oxygen atoms in total. The van der Waals surface area contributed by atoms with Crippen LogP contribution in [0.25, 0.3) is 21.3 Å². The smallest absolute Gasteiger partial charge is 0.391 e. The third kappa shape index (κ3) is 15.4. The van der Waals surface area contributed by atoms with Crippen LogP contribution in [-0.2, 0) is 59.0 Å². The van der Waals surface area contributed by atoms with Crippen molar-refractivity contribution >= 4 is 82.1 Å². The monoisotopic (exact) mass is 1220 g/mol. The van der Waals surface area contributed by atoms with Crippen molar-refractivity contribution in [2.75, 3.05) is 11.4 Å². The highest BCUT2D eigenvalue weighted by atomic mass is 32.1. The maximum Gasteiger partial charge on any atom is 0.396 e. The topological polar surface area (TPSA) is 300 Å². The van der Waals surface area contributed by atoms with Gasteiger partial charge in [-0.3, -0.25) is 47.8 Å². The number of carbonyl (C=O) groups is 8. The highest BCUT2D eigenvalue weighted by Gasteiger charge is 2.46. The molecular weight excluding hydrogens is 1150 g/mol. The van der Waals surface area contributed by atoms with Gasteiger partial charge in [0.15, 0.2) is 5.78 Å². The number of H-pyrrole nitrogens is 1. The number of unbranched alkanes of at least 4 members (excludes halogenated alkanes) is 1. The quantitative estimate of drug-likeness (QED) is 0.0152. The van der Waals surface area contributed by atoms with Crippen molar-refractivity contribution < 1.29 is 57.8 Å². The fourth-order valence-corrected chi connectivity index (χ4v) is 13.8. The van der Waals surface area contributed by atoms with Gasteiger partial charge in [0.1, 0.15) is 17.9 Å². The summed E-state index contributed by atoms with van der Waals surface area (Å²) in [7, 11) is -5.03. The molecule has 0 aliphatic carbocycles. The van der Waals surface area contributed by atoms with Gasteiger partial charge in [0.05, 0.1) is 39.6 Å². The van der Waals surface area contributed by atoms with Gasteiger partial charge in [-0.2, -0.15) is 0 Å². The number of likely N-dealkylation sites (tertiary alicyclic amines) is 1. The van der Waals surface area contributed by atoms with E-state index in [9.17, 15) is 57.8 Å². The second-order valence-corrected chi connectivity index (χ2v) is 27.2. The van der Waals surface area contributed by atoms with Crippen LogP contribution in [0.2, 0.25) is 0 Å². The highest BCUT2D eigenvalue weighted by molar-refractivity contribution is 7.70. The lowest BCUT2D eigenvalue weighted by Crippen LogP contribution is -2.52. The molecule has 0 spiro atoms. The summed E-state index contributed by atoms with van der Waals surface area (Å²) < 4.78 is 11.6. The van der Waals surface area contributed by atoms with E-state index in [1.54, 1.807) is 16.2 Å². The van der Waals surface area contributed by atoms with E-state index in [4.69, 9.17) is 5.73 Å². The van der Waals surface area contributed by atoms with Gasteiger partial charge in [-0.15, -0.1) is 11.3 Å². The zero-order chi connectivity index (χ0) is 62.5. The second-order valence-electron chi connectivity index (χ2n) is 24.9. The third-order valence-electron chi connectivity index (χ3n) is 17.4.